The standard InChI is InChI=1S/C7H6O2.2C5H11N.C2H4O2/c8-7(9)6-4-2-1-3-5-6;2*1-2-4-6-5-3-1;1-2(3)4/h1-5H,(H,8,9);2*6H,1-5H2;1H3,(H,3,4). The molecule has 0 bridgehead atoms. The molecule has 25 heavy (non-hydrogen) atoms. The Hall–Kier alpha value is -1.92. The maximum Gasteiger partial charge on any atom is 0.335 e. The fourth-order valence-corrected chi connectivity index (χ4v) is 2.18. The van der Waals surface area contributed by atoms with Crippen molar-refractivity contribution in [2.75, 3.05) is 26.2 Å². The highest BCUT2D eigenvalue weighted by Gasteiger charge is 1.96. The van der Waals surface area contributed by atoms with Gasteiger partial charge >= 0.3 is 5.97 Å². The number of rotatable bonds is 1. The first-order valence-corrected chi connectivity index (χ1v) is 8.93. The fourth-order valence-electron chi connectivity index (χ4n) is 2.18. The van der Waals surface area contributed by atoms with Crippen LogP contribution in [-0.2, 0) is 4.79 Å². The second-order valence-corrected chi connectivity index (χ2v) is 5.81. The Morgan fingerprint density at radius 3 is 1.28 bits per heavy atom. The molecule has 6 nitrogen and oxygen atoms in total. The molecule has 0 aromatic heterocycles. The van der Waals surface area contributed by atoms with E-state index in [1.165, 1.54) is 64.7 Å². The fraction of sp³-hybridized carbons (Fsp3) is 0.579. The highest BCUT2D eigenvalue weighted by atomic mass is 16.4. The molecular weight excluding hydrogens is 320 g/mol. The molecule has 2 saturated heterocycles. The van der Waals surface area contributed by atoms with E-state index in [2.05, 4.69) is 10.6 Å². The number of piperidine rings is 2. The molecule has 4 N–H and O–H groups in total. The topological polar surface area (TPSA) is 98.7 Å². The highest BCUT2D eigenvalue weighted by Crippen LogP contribution is 1.97. The third kappa shape index (κ3) is 18.3. The summed E-state index contributed by atoms with van der Waals surface area (Å²) in [5.41, 5.74) is 0.331. The minimum atomic E-state index is -0.879. The molecule has 0 aliphatic carbocycles. The van der Waals surface area contributed by atoms with Gasteiger partial charge in [0.25, 0.3) is 5.97 Å². The Morgan fingerprint density at radius 2 is 1.12 bits per heavy atom. The highest BCUT2D eigenvalue weighted by molar-refractivity contribution is 5.87. The van der Waals surface area contributed by atoms with Crippen molar-refractivity contribution in [1.29, 1.82) is 0 Å². The van der Waals surface area contributed by atoms with Gasteiger partial charge in [-0.15, -0.1) is 0 Å². The smallest absolute Gasteiger partial charge is 0.335 e. The van der Waals surface area contributed by atoms with Crippen LogP contribution in [0, 0.1) is 0 Å². The minimum Gasteiger partial charge on any atom is -0.481 e. The summed E-state index contributed by atoms with van der Waals surface area (Å²) >= 11 is 0. The monoisotopic (exact) mass is 352 g/mol. The van der Waals surface area contributed by atoms with E-state index in [9.17, 15) is 4.79 Å². The molecule has 2 aliphatic heterocycles. The third-order valence-corrected chi connectivity index (χ3v) is 3.43. The minimum absolute atomic E-state index is 0.331. The van der Waals surface area contributed by atoms with Gasteiger partial charge in [-0.1, -0.05) is 31.0 Å². The number of hydrogen-bond acceptors (Lipinski definition) is 4. The normalized spacial score (nSPS) is 15.7. The van der Waals surface area contributed by atoms with Crippen LogP contribution >= 0.6 is 0 Å². The summed E-state index contributed by atoms with van der Waals surface area (Å²) < 4.78 is 0. The molecule has 0 radical (unpaired) electrons. The van der Waals surface area contributed by atoms with E-state index in [0.29, 0.717) is 5.56 Å². The summed E-state index contributed by atoms with van der Waals surface area (Å²) in [4.78, 5) is 19.2. The van der Waals surface area contributed by atoms with Gasteiger partial charge in [0.15, 0.2) is 0 Å². The number of carboxylic acids is 2. The van der Waals surface area contributed by atoms with Crippen LogP contribution in [0.25, 0.3) is 0 Å². The Labute approximate surface area is 150 Å². The van der Waals surface area contributed by atoms with Gasteiger partial charge < -0.3 is 20.8 Å². The van der Waals surface area contributed by atoms with E-state index in [1.54, 1.807) is 30.3 Å². The van der Waals surface area contributed by atoms with Crippen molar-refractivity contribution in [3.63, 3.8) is 0 Å². The largest absolute Gasteiger partial charge is 0.481 e. The Morgan fingerprint density at radius 1 is 0.760 bits per heavy atom. The molecule has 2 aliphatic rings. The lowest BCUT2D eigenvalue weighted by atomic mass is 10.2. The lowest BCUT2D eigenvalue weighted by Gasteiger charge is -2.08. The summed E-state index contributed by atoms with van der Waals surface area (Å²) in [5, 5.41) is 22.4. The number of hydrogen-bond donors (Lipinski definition) is 4. The van der Waals surface area contributed by atoms with Gasteiger partial charge in [0.05, 0.1) is 5.56 Å². The Balaban J connectivity index is 0.000000321. The summed E-state index contributed by atoms with van der Waals surface area (Å²) in [6.07, 6.45) is 8.43. The van der Waals surface area contributed by atoms with E-state index in [1.807, 2.05) is 0 Å². The number of nitrogens with one attached hydrogen (secondary N) is 2. The zero-order valence-corrected chi connectivity index (χ0v) is 15.2. The van der Waals surface area contributed by atoms with Crippen molar-refractivity contribution in [1.82, 2.24) is 10.6 Å². The quantitative estimate of drug-likeness (QED) is 0.620. The number of aliphatic carboxylic acids is 1. The molecule has 142 valence electrons. The lowest BCUT2D eigenvalue weighted by molar-refractivity contribution is -0.134. The lowest BCUT2D eigenvalue weighted by Crippen LogP contribution is -2.21. The predicted octanol–water partition coefficient (Wildman–Crippen LogP) is 3.00. The predicted molar refractivity (Wildman–Crippen MR) is 100 cm³/mol. The van der Waals surface area contributed by atoms with Crippen LogP contribution < -0.4 is 10.6 Å². The molecular formula is C19H32N2O4. The molecule has 0 amide bonds. The van der Waals surface area contributed by atoms with Gasteiger partial charge in [0.1, 0.15) is 0 Å². The van der Waals surface area contributed by atoms with Crippen LogP contribution in [0.5, 0.6) is 0 Å². The molecule has 2 fully saturated rings. The van der Waals surface area contributed by atoms with Crippen molar-refractivity contribution in [2.24, 2.45) is 0 Å². The van der Waals surface area contributed by atoms with Gasteiger partial charge in [-0.05, 0) is 64.0 Å². The zero-order valence-electron chi connectivity index (χ0n) is 15.2. The summed E-state index contributed by atoms with van der Waals surface area (Å²) in [5.74, 6) is -1.71. The number of aromatic carboxylic acids is 1. The van der Waals surface area contributed by atoms with Crippen molar-refractivity contribution in [3.8, 4) is 0 Å². The summed E-state index contributed by atoms with van der Waals surface area (Å²) in [6.45, 7) is 6.08. The van der Waals surface area contributed by atoms with Gasteiger partial charge in [-0.2, -0.15) is 0 Å². The maximum atomic E-state index is 10.2. The number of carbonyl (C=O) groups is 2. The van der Waals surface area contributed by atoms with Gasteiger partial charge in [0.2, 0.25) is 0 Å². The maximum absolute atomic E-state index is 10.2. The molecule has 2 heterocycles. The van der Waals surface area contributed by atoms with Gasteiger partial charge in [-0.3, -0.25) is 4.79 Å². The second-order valence-electron chi connectivity index (χ2n) is 5.81. The van der Waals surface area contributed by atoms with Crippen molar-refractivity contribution in [2.45, 2.75) is 45.4 Å². The van der Waals surface area contributed by atoms with E-state index >= 15 is 0 Å². The van der Waals surface area contributed by atoms with E-state index in [4.69, 9.17) is 15.0 Å². The average molecular weight is 352 g/mol. The molecule has 1 aromatic rings. The van der Waals surface area contributed by atoms with Crippen LogP contribution in [0.1, 0.15) is 55.8 Å². The Bertz CT molecular complexity index is 405. The number of carboxylic acid groups (broad SMARTS) is 2. The van der Waals surface area contributed by atoms with Gasteiger partial charge in [-0.25, -0.2) is 4.79 Å². The van der Waals surface area contributed by atoms with Crippen molar-refractivity contribution in [3.05, 3.63) is 35.9 Å². The molecule has 0 saturated carbocycles. The molecule has 3 rings (SSSR count). The van der Waals surface area contributed by atoms with E-state index < -0.39 is 11.9 Å². The Kier molecular flexibility index (Phi) is 15.6. The van der Waals surface area contributed by atoms with Crippen LogP contribution in [0.4, 0.5) is 0 Å². The van der Waals surface area contributed by atoms with Crippen molar-refractivity contribution < 1.29 is 19.8 Å². The van der Waals surface area contributed by atoms with Crippen LogP contribution in [-0.4, -0.2) is 48.3 Å². The number of benzene rings is 1. The van der Waals surface area contributed by atoms with E-state index in [0.717, 1.165) is 6.92 Å². The molecule has 0 unspecified atom stereocenters. The van der Waals surface area contributed by atoms with E-state index in [-0.39, 0.29) is 0 Å². The second kappa shape index (κ2) is 16.9. The van der Waals surface area contributed by atoms with Crippen LogP contribution in [0.3, 0.4) is 0 Å². The first-order chi connectivity index (χ1) is 12.0. The SMILES string of the molecule is C1CCNCC1.C1CCNCC1.CC(=O)O.O=C(O)c1ccccc1. The average Bonchev–Trinajstić information content (AvgIpc) is 2.66. The summed E-state index contributed by atoms with van der Waals surface area (Å²) in [6, 6.07) is 8.30. The first-order valence-electron chi connectivity index (χ1n) is 8.93. The van der Waals surface area contributed by atoms with Crippen LogP contribution in [0.15, 0.2) is 30.3 Å². The third-order valence-electron chi connectivity index (χ3n) is 3.43. The molecule has 1 aromatic carbocycles. The molecule has 0 atom stereocenters. The molecule has 0 spiro atoms. The van der Waals surface area contributed by atoms with Crippen LogP contribution in [0.2, 0.25) is 0 Å². The van der Waals surface area contributed by atoms with Crippen molar-refractivity contribution >= 4 is 11.9 Å². The van der Waals surface area contributed by atoms with Gasteiger partial charge in [0, 0.05) is 6.92 Å². The first kappa shape index (κ1) is 23.1. The summed E-state index contributed by atoms with van der Waals surface area (Å²) in [7, 11) is 0. The zero-order chi connectivity index (χ0) is 18.8. The molecule has 6 heteroatoms.